The van der Waals surface area contributed by atoms with Gasteiger partial charge in [-0.3, -0.25) is 0 Å². The summed E-state index contributed by atoms with van der Waals surface area (Å²) in [6.45, 7) is 2.47. The van der Waals surface area contributed by atoms with Gasteiger partial charge in [0.2, 0.25) is 0 Å². The highest BCUT2D eigenvalue weighted by atomic mass is 16.5. The third kappa shape index (κ3) is 3.93. The molecule has 0 unspecified atom stereocenters. The number of pyridine rings is 1. The van der Waals surface area contributed by atoms with Crippen molar-refractivity contribution >= 4 is 28.2 Å². The summed E-state index contributed by atoms with van der Waals surface area (Å²) in [5.41, 5.74) is 2.24. The molecule has 28 heavy (non-hydrogen) atoms. The molecule has 0 aliphatic heterocycles. The molecule has 0 aliphatic rings. The number of benzene rings is 2. The molecule has 0 fully saturated rings. The molecule has 0 spiro atoms. The fraction of sp³-hybridized carbons (Fsp3) is 0.238. The van der Waals surface area contributed by atoms with Crippen LogP contribution in [-0.4, -0.2) is 38.9 Å². The monoisotopic (exact) mass is 382 g/mol. The molecule has 0 saturated carbocycles. The standard InChI is InChI=1S/C21H22N2O5/c1-5-28-14-7-8-16-15(10-14)18(12-19(22-16)21(24)27-4)23-17-9-6-13(25-2)11-20(17)26-3/h6-12H,5H2,1-4H3,(H,22,23). The third-order valence-electron chi connectivity index (χ3n) is 4.16. The minimum Gasteiger partial charge on any atom is -0.497 e. The summed E-state index contributed by atoms with van der Waals surface area (Å²) in [5.74, 6) is 1.48. The van der Waals surface area contributed by atoms with Crippen molar-refractivity contribution in [1.82, 2.24) is 4.98 Å². The Morgan fingerprint density at radius 1 is 0.964 bits per heavy atom. The molecule has 0 radical (unpaired) electrons. The zero-order chi connectivity index (χ0) is 20.1. The third-order valence-corrected chi connectivity index (χ3v) is 4.16. The van der Waals surface area contributed by atoms with Crippen LogP contribution in [0.3, 0.4) is 0 Å². The number of methoxy groups -OCH3 is 3. The van der Waals surface area contributed by atoms with Gasteiger partial charge in [-0.15, -0.1) is 0 Å². The Labute approximate surface area is 163 Å². The Morgan fingerprint density at radius 2 is 1.75 bits per heavy atom. The van der Waals surface area contributed by atoms with E-state index in [1.807, 2.05) is 37.3 Å². The van der Waals surface area contributed by atoms with Crippen LogP contribution in [0.2, 0.25) is 0 Å². The molecule has 0 atom stereocenters. The van der Waals surface area contributed by atoms with Gasteiger partial charge >= 0.3 is 5.97 Å². The SMILES string of the molecule is CCOc1ccc2nc(C(=O)OC)cc(Nc3ccc(OC)cc3OC)c2c1. The Kier molecular flexibility index (Phi) is 5.84. The number of carbonyl (C=O) groups is 1. The Hall–Kier alpha value is -3.48. The molecule has 3 aromatic rings. The zero-order valence-corrected chi connectivity index (χ0v) is 16.2. The summed E-state index contributed by atoms with van der Waals surface area (Å²) in [7, 11) is 4.50. The molecule has 0 saturated heterocycles. The van der Waals surface area contributed by atoms with Crippen molar-refractivity contribution in [3.05, 3.63) is 48.2 Å². The molecule has 1 N–H and O–H groups in total. The van der Waals surface area contributed by atoms with E-state index in [0.29, 0.717) is 40.7 Å². The van der Waals surface area contributed by atoms with E-state index < -0.39 is 5.97 Å². The largest absolute Gasteiger partial charge is 0.497 e. The summed E-state index contributed by atoms with van der Waals surface area (Å²) in [5, 5.41) is 4.12. The fourth-order valence-corrected chi connectivity index (χ4v) is 2.82. The first kappa shape index (κ1) is 19.3. The smallest absolute Gasteiger partial charge is 0.356 e. The van der Waals surface area contributed by atoms with Crippen molar-refractivity contribution in [3.63, 3.8) is 0 Å². The predicted octanol–water partition coefficient (Wildman–Crippen LogP) is 4.18. The van der Waals surface area contributed by atoms with Gasteiger partial charge in [-0.2, -0.15) is 0 Å². The molecule has 7 heteroatoms. The zero-order valence-electron chi connectivity index (χ0n) is 16.2. The van der Waals surface area contributed by atoms with Gasteiger partial charge < -0.3 is 24.3 Å². The van der Waals surface area contributed by atoms with Crippen LogP contribution < -0.4 is 19.5 Å². The molecular weight excluding hydrogens is 360 g/mol. The number of fused-ring (bicyclic) bond motifs is 1. The van der Waals surface area contributed by atoms with Crippen LogP contribution in [0.15, 0.2) is 42.5 Å². The highest BCUT2D eigenvalue weighted by molar-refractivity contribution is 5.99. The van der Waals surface area contributed by atoms with Gasteiger partial charge in [0, 0.05) is 11.5 Å². The second-order valence-electron chi connectivity index (χ2n) is 5.85. The number of esters is 1. The molecular formula is C21H22N2O5. The van der Waals surface area contributed by atoms with Crippen LogP contribution in [0.25, 0.3) is 10.9 Å². The quantitative estimate of drug-likeness (QED) is 0.614. The van der Waals surface area contributed by atoms with Crippen LogP contribution in [0.1, 0.15) is 17.4 Å². The Morgan fingerprint density at radius 3 is 2.43 bits per heavy atom. The maximum atomic E-state index is 12.1. The lowest BCUT2D eigenvalue weighted by atomic mass is 10.1. The van der Waals surface area contributed by atoms with Gasteiger partial charge in [-0.05, 0) is 43.3 Å². The molecule has 0 amide bonds. The van der Waals surface area contributed by atoms with E-state index >= 15 is 0 Å². The fourth-order valence-electron chi connectivity index (χ4n) is 2.82. The molecule has 0 aliphatic carbocycles. The van der Waals surface area contributed by atoms with Gasteiger partial charge in [0.1, 0.15) is 17.2 Å². The van der Waals surface area contributed by atoms with Crippen molar-refractivity contribution in [2.24, 2.45) is 0 Å². The van der Waals surface area contributed by atoms with Crippen molar-refractivity contribution in [2.75, 3.05) is 33.3 Å². The minimum atomic E-state index is -0.513. The average Bonchev–Trinajstić information content (AvgIpc) is 2.73. The molecule has 7 nitrogen and oxygen atoms in total. The highest BCUT2D eigenvalue weighted by Crippen LogP contribution is 2.35. The number of rotatable bonds is 7. The average molecular weight is 382 g/mol. The number of nitrogens with zero attached hydrogens (tertiary/aromatic N) is 1. The first-order chi connectivity index (χ1) is 13.6. The minimum absolute atomic E-state index is 0.203. The lowest BCUT2D eigenvalue weighted by Gasteiger charge is -2.15. The first-order valence-corrected chi connectivity index (χ1v) is 8.74. The van der Waals surface area contributed by atoms with E-state index in [0.717, 1.165) is 5.39 Å². The molecule has 3 rings (SSSR count). The number of anilines is 2. The number of hydrogen-bond donors (Lipinski definition) is 1. The maximum absolute atomic E-state index is 12.1. The van der Waals surface area contributed by atoms with Crippen LogP contribution in [0.4, 0.5) is 11.4 Å². The topological polar surface area (TPSA) is 78.9 Å². The number of aromatic nitrogens is 1. The molecule has 146 valence electrons. The summed E-state index contributed by atoms with van der Waals surface area (Å²) in [6.07, 6.45) is 0. The van der Waals surface area contributed by atoms with Gasteiger partial charge in [0.15, 0.2) is 5.69 Å². The molecule has 2 aromatic carbocycles. The molecule has 1 aromatic heterocycles. The highest BCUT2D eigenvalue weighted by Gasteiger charge is 2.15. The Bertz CT molecular complexity index is 1000. The Balaban J connectivity index is 2.13. The lowest BCUT2D eigenvalue weighted by molar-refractivity contribution is 0.0594. The van der Waals surface area contributed by atoms with Gasteiger partial charge in [-0.25, -0.2) is 9.78 Å². The molecule has 0 bridgehead atoms. The first-order valence-electron chi connectivity index (χ1n) is 8.74. The van der Waals surface area contributed by atoms with Crippen LogP contribution in [0, 0.1) is 0 Å². The number of hydrogen-bond acceptors (Lipinski definition) is 7. The van der Waals surface area contributed by atoms with Crippen molar-refractivity contribution in [1.29, 1.82) is 0 Å². The maximum Gasteiger partial charge on any atom is 0.356 e. The van der Waals surface area contributed by atoms with Gasteiger partial charge in [0.05, 0.1) is 44.8 Å². The lowest BCUT2D eigenvalue weighted by Crippen LogP contribution is -2.06. The van der Waals surface area contributed by atoms with Crippen molar-refractivity contribution in [3.8, 4) is 17.2 Å². The predicted molar refractivity (Wildman–Crippen MR) is 107 cm³/mol. The van der Waals surface area contributed by atoms with Crippen LogP contribution in [-0.2, 0) is 4.74 Å². The summed E-state index contributed by atoms with van der Waals surface area (Å²) < 4.78 is 21.1. The number of ether oxygens (including phenoxy) is 4. The van der Waals surface area contributed by atoms with E-state index in [-0.39, 0.29) is 5.69 Å². The van der Waals surface area contributed by atoms with E-state index in [1.54, 1.807) is 26.4 Å². The van der Waals surface area contributed by atoms with Gasteiger partial charge in [-0.1, -0.05) is 0 Å². The second-order valence-corrected chi connectivity index (χ2v) is 5.85. The van der Waals surface area contributed by atoms with Crippen molar-refractivity contribution in [2.45, 2.75) is 6.92 Å². The molecule has 1 heterocycles. The van der Waals surface area contributed by atoms with E-state index in [9.17, 15) is 4.79 Å². The van der Waals surface area contributed by atoms with Gasteiger partial charge in [0.25, 0.3) is 0 Å². The number of nitrogens with one attached hydrogen (secondary N) is 1. The van der Waals surface area contributed by atoms with E-state index in [1.165, 1.54) is 7.11 Å². The normalized spacial score (nSPS) is 10.4. The second kappa shape index (κ2) is 8.47. The summed E-state index contributed by atoms with van der Waals surface area (Å²) in [4.78, 5) is 16.5. The summed E-state index contributed by atoms with van der Waals surface area (Å²) in [6, 6.07) is 12.6. The number of carbonyl (C=O) groups excluding carboxylic acids is 1. The van der Waals surface area contributed by atoms with Crippen LogP contribution in [0.5, 0.6) is 17.2 Å². The van der Waals surface area contributed by atoms with Crippen LogP contribution >= 0.6 is 0 Å². The van der Waals surface area contributed by atoms with E-state index in [2.05, 4.69) is 10.3 Å². The van der Waals surface area contributed by atoms with Crippen molar-refractivity contribution < 1.29 is 23.7 Å². The van der Waals surface area contributed by atoms with E-state index in [4.69, 9.17) is 18.9 Å². The summed E-state index contributed by atoms with van der Waals surface area (Å²) >= 11 is 0.